The highest BCUT2D eigenvalue weighted by atomic mass is 19.1. The molecule has 0 radical (unpaired) electrons. The lowest BCUT2D eigenvalue weighted by molar-refractivity contribution is 0.0988. The molecule has 0 saturated carbocycles. The molecule has 0 spiro atoms. The maximum absolute atomic E-state index is 13.8. The van der Waals surface area contributed by atoms with Crippen LogP contribution in [0.25, 0.3) is 0 Å². The molecule has 0 aliphatic heterocycles. The third-order valence-corrected chi connectivity index (χ3v) is 4.37. The number of halogens is 1. The Hall–Kier alpha value is -3.47. The Morgan fingerprint density at radius 3 is 2.36 bits per heavy atom. The molecule has 3 rings (SSSR count). The van der Waals surface area contributed by atoms with Gasteiger partial charge in [0.25, 0.3) is 11.8 Å². The zero-order valence-corrected chi connectivity index (χ0v) is 15.8. The molecule has 3 aromatic carbocycles. The highest BCUT2D eigenvalue weighted by Crippen LogP contribution is 2.20. The SMILES string of the molecule is CCN(C(=O)c1cccc(C(=O)Nc2ccccc2F)c1)c1cccc(C)c1. The summed E-state index contributed by atoms with van der Waals surface area (Å²) in [6.07, 6.45) is 0. The van der Waals surface area contributed by atoms with Crippen LogP contribution in [0.5, 0.6) is 0 Å². The van der Waals surface area contributed by atoms with Gasteiger partial charge in [0.05, 0.1) is 5.69 Å². The van der Waals surface area contributed by atoms with Crippen molar-refractivity contribution >= 4 is 23.2 Å². The average Bonchev–Trinajstić information content (AvgIpc) is 2.70. The summed E-state index contributed by atoms with van der Waals surface area (Å²) >= 11 is 0. The molecule has 142 valence electrons. The van der Waals surface area contributed by atoms with Gasteiger partial charge < -0.3 is 10.2 Å². The van der Waals surface area contributed by atoms with Crippen molar-refractivity contribution in [2.75, 3.05) is 16.8 Å². The molecule has 0 fully saturated rings. The van der Waals surface area contributed by atoms with E-state index in [9.17, 15) is 14.0 Å². The van der Waals surface area contributed by atoms with Crippen molar-refractivity contribution in [3.05, 3.63) is 95.3 Å². The van der Waals surface area contributed by atoms with E-state index in [1.54, 1.807) is 35.2 Å². The molecular formula is C23H21FN2O2. The van der Waals surface area contributed by atoms with E-state index in [-0.39, 0.29) is 17.2 Å². The van der Waals surface area contributed by atoms with Crippen LogP contribution in [-0.4, -0.2) is 18.4 Å². The first-order chi connectivity index (χ1) is 13.5. The number of carbonyl (C=O) groups is 2. The molecule has 5 heteroatoms. The minimum absolute atomic E-state index is 0.0965. The van der Waals surface area contributed by atoms with Gasteiger partial charge in [-0.25, -0.2) is 4.39 Å². The number of amides is 2. The van der Waals surface area contributed by atoms with E-state index in [4.69, 9.17) is 0 Å². The first-order valence-electron chi connectivity index (χ1n) is 9.04. The third-order valence-electron chi connectivity index (χ3n) is 4.37. The van der Waals surface area contributed by atoms with Gasteiger partial charge in [0.15, 0.2) is 0 Å². The van der Waals surface area contributed by atoms with Gasteiger partial charge in [-0.1, -0.05) is 30.3 Å². The molecule has 0 aromatic heterocycles. The van der Waals surface area contributed by atoms with E-state index in [0.29, 0.717) is 12.1 Å². The zero-order chi connectivity index (χ0) is 20.1. The van der Waals surface area contributed by atoms with E-state index in [1.165, 1.54) is 18.2 Å². The van der Waals surface area contributed by atoms with Crippen LogP contribution in [0.4, 0.5) is 15.8 Å². The quantitative estimate of drug-likeness (QED) is 0.677. The number of para-hydroxylation sites is 1. The van der Waals surface area contributed by atoms with Crippen LogP contribution in [0.3, 0.4) is 0 Å². The lowest BCUT2D eigenvalue weighted by Gasteiger charge is -2.22. The van der Waals surface area contributed by atoms with Gasteiger partial charge in [0, 0.05) is 23.4 Å². The van der Waals surface area contributed by atoms with E-state index >= 15 is 0 Å². The van der Waals surface area contributed by atoms with Crippen molar-refractivity contribution in [1.29, 1.82) is 0 Å². The van der Waals surface area contributed by atoms with Gasteiger partial charge in [0.1, 0.15) is 5.82 Å². The number of rotatable bonds is 5. The van der Waals surface area contributed by atoms with Crippen LogP contribution in [0.2, 0.25) is 0 Å². The summed E-state index contributed by atoms with van der Waals surface area (Å²) in [6.45, 7) is 4.36. The Balaban J connectivity index is 1.84. The van der Waals surface area contributed by atoms with Gasteiger partial charge in [-0.05, 0) is 61.9 Å². The van der Waals surface area contributed by atoms with Gasteiger partial charge in [-0.3, -0.25) is 9.59 Å². The number of nitrogens with one attached hydrogen (secondary N) is 1. The van der Waals surface area contributed by atoms with Crippen molar-refractivity contribution in [1.82, 2.24) is 0 Å². The molecule has 0 saturated heterocycles. The van der Waals surface area contributed by atoms with E-state index in [1.807, 2.05) is 38.1 Å². The van der Waals surface area contributed by atoms with Gasteiger partial charge in [-0.15, -0.1) is 0 Å². The molecule has 0 unspecified atom stereocenters. The lowest BCUT2D eigenvalue weighted by Crippen LogP contribution is -2.30. The molecule has 3 aromatic rings. The lowest BCUT2D eigenvalue weighted by atomic mass is 10.1. The molecule has 1 N–H and O–H groups in total. The van der Waals surface area contributed by atoms with Crippen LogP contribution in [0.15, 0.2) is 72.8 Å². The fourth-order valence-electron chi connectivity index (χ4n) is 2.95. The summed E-state index contributed by atoms with van der Waals surface area (Å²) in [7, 11) is 0. The molecule has 2 amide bonds. The smallest absolute Gasteiger partial charge is 0.258 e. The second-order valence-corrected chi connectivity index (χ2v) is 6.40. The summed E-state index contributed by atoms with van der Waals surface area (Å²) in [6, 6.07) is 20.1. The molecule has 0 heterocycles. The maximum atomic E-state index is 13.8. The van der Waals surface area contributed by atoms with Crippen LogP contribution in [0.1, 0.15) is 33.2 Å². The summed E-state index contributed by atoms with van der Waals surface area (Å²) in [5.41, 5.74) is 2.63. The molecule has 4 nitrogen and oxygen atoms in total. The first kappa shape index (κ1) is 19.3. The Morgan fingerprint density at radius 1 is 0.929 bits per heavy atom. The van der Waals surface area contributed by atoms with Crippen LogP contribution in [-0.2, 0) is 0 Å². The van der Waals surface area contributed by atoms with E-state index in [0.717, 1.165) is 11.3 Å². The topological polar surface area (TPSA) is 49.4 Å². The minimum Gasteiger partial charge on any atom is -0.319 e. The highest BCUT2D eigenvalue weighted by Gasteiger charge is 2.18. The summed E-state index contributed by atoms with van der Waals surface area (Å²) < 4.78 is 13.8. The van der Waals surface area contributed by atoms with Gasteiger partial charge in [0.2, 0.25) is 0 Å². The zero-order valence-electron chi connectivity index (χ0n) is 15.8. The Labute approximate surface area is 163 Å². The first-order valence-corrected chi connectivity index (χ1v) is 9.04. The number of aryl methyl sites for hydroxylation is 1. The van der Waals surface area contributed by atoms with Crippen LogP contribution >= 0.6 is 0 Å². The van der Waals surface area contributed by atoms with Crippen molar-refractivity contribution in [2.45, 2.75) is 13.8 Å². The standard InChI is InChI=1S/C23H21FN2O2/c1-3-26(19-11-6-8-16(2)14-19)23(28)18-10-7-9-17(15-18)22(27)25-21-13-5-4-12-20(21)24/h4-15H,3H2,1-2H3,(H,25,27). The second kappa shape index (κ2) is 8.48. The fourth-order valence-corrected chi connectivity index (χ4v) is 2.95. The monoisotopic (exact) mass is 376 g/mol. The van der Waals surface area contributed by atoms with E-state index in [2.05, 4.69) is 5.32 Å². The van der Waals surface area contributed by atoms with Crippen LogP contribution < -0.4 is 10.2 Å². The Morgan fingerprint density at radius 2 is 1.64 bits per heavy atom. The third kappa shape index (κ3) is 4.26. The van der Waals surface area contributed by atoms with E-state index < -0.39 is 11.7 Å². The normalized spacial score (nSPS) is 10.4. The predicted octanol–water partition coefficient (Wildman–Crippen LogP) is 5.05. The van der Waals surface area contributed by atoms with Gasteiger partial charge in [-0.2, -0.15) is 0 Å². The summed E-state index contributed by atoms with van der Waals surface area (Å²) in [4.78, 5) is 27.2. The molecule has 28 heavy (non-hydrogen) atoms. The Kier molecular flexibility index (Phi) is 5.84. The fraction of sp³-hybridized carbons (Fsp3) is 0.130. The maximum Gasteiger partial charge on any atom is 0.258 e. The number of benzene rings is 3. The van der Waals surface area contributed by atoms with Crippen molar-refractivity contribution in [2.24, 2.45) is 0 Å². The summed E-state index contributed by atoms with van der Waals surface area (Å²) in [5, 5.41) is 2.54. The number of anilines is 2. The number of hydrogen-bond acceptors (Lipinski definition) is 2. The van der Waals surface area contributed by atoms with Crippen molar-refractivity contribution in [3.8, 4) is 0 Å². The highest BCUT2D eigenvalue weighted by molar-refractivity contribution is 6.09. The molecule has 0 atom stereocenters. The molecule has 0 bridgehead atoms. The largest absolute Gasteiger partial charge is 0.319 e. The molecule has 0 aliphatic carbocycles. The second-order valence-electron chi connectivity index (χ2n) is 6.40. The molecular weight excluding hydrogens is 355 g/mol. The van der Waals surface area contributed by atoms with Crippen molar-refractivity contribution in [3.63, 3.8) is 0 Å². The van der Waals surface area contributed by atoms with Crippen molar-refractivity contribution < 1.29 is 14.0 Å². The summed E-state index contributed by atoms with van der Waals surface area (Å²) in [5.74, 6) is -1.19. The average molecular weight is 376 g/mol. The number of nitrogens with zero attached hydrogens (tertiary/aromatic N) is 1. The molecule has 0 aliphatic rings. The minimum atomic E-state index is -0.514. The predicted molar refractivity (Wildman–Crippen MR) is 109 cm³/mol. The van der Waals surface area contributed by atoms with Crippen LogP contribution in [0, 0.1) is 12.7 Å². The van der Waals surface area contributed by atoms with Gasteiger partial charge >= 0.3 is 0 Å². The number of carbonyl (C=O) groups excluding carboxylic acids is 2. The number of hydrogen-bond donors (Lipinski definition) is 1. The Bertz CT molecular complexity index is 1020.